The van der Waals surface area contributed by atoms with Gasteiger partial charge in [-0.25, -0.2) is 0 Å². The molecule has 1 aliphatic heterocycles. The lowest BCUT2D eigenvalue weighted by Crippen LogP contribution is -2.31. The highest BCUT2D eigenvalue weighted by molar-refractivity contribution is 7.99. The number of nitrogens with zero attached hydrogens (tertiary/aromatic N) is 1. The molecule has 0 aromatic carbocycles. The van der Waals surface area contributed by atoms with E-state index in [9.17, 15) is 0 Å². The molecule has 4 heteroatoms. The van der Waals surface area contributed by atoms with Gasteiger partial charge < -0.3 is 10.6 Å². The van der Waals surface area contributed by atoms with Gasteiger partial charge in [-0.3, -0.25) is 0 Å². The first-order chi connectivity index (χ1) is 7.25. The molecule has 15 heavy (non-hydrogen) atoms. The van der Waals surface area contributed by atoms with Crippen LogP contribution < -0.4 is 10.6 Å². The van der Waals surface area contributed by atoms with Gasteiger partial charge in [0.2, 0.25) is 0 Å². The van der Waals surface area contributed by atoms with Crippen LogP contribution in [0.5, 0.6) is 0 Å². The van der Waals surface area contributed by atoms with Crippen molar-refractivity contribution >= 4 is 28.1 Å². The fourth-order valence-corrected chi connectivity index (χ4v) is 3.85. The van der Waals surface area contributed by atoms with E-state index in [1.807, 2.05) is 11.3 Å². The minimum atomic E-state index is 0.272. The first-order valence-electron chi connectivity index (χ1n) is 5.42. The maximum absolute atomic E-state index is 5.80. The Labute approximate surface area is 99.8 Å². The predicted octanol–water partition coefficient (Wildman–Crippen LogP) is 2.19. The van der Waals surface area contributed by atoms with E-state index in [2.05, 4.69) is 35.7 Å². The summed E-state index contributed by atoms with van der Waals surface area (Å²) in [6, 6.07) is 4.75. The van der Waals surface area contributed by atoms with Crippen LogP contribution in [0.1, 0.15) is 11.8 Å². The van der Waals surface area contributed by atoms with Crippen LogP contribution in [0, 0.1) is 0 Å². The highest BCUT2D eigenvalue weighted by Gasteiger charge is 2.13. The Bertz CT molecular complexity index is 303. The predicted molar refractivity (Wildman–Crippen MR) is 71.2 cm³/mol. The average molecular weight is 242 g/mol. The molecule has 1 fully saturated rings. The van der Waals surface area contributed by atoms with Gasteiger partial charge in [0, 0.05) is 35.5 Å². The Balaban J connectivity index is 1.99. The number of thiophene rings is 1. The van der Waals surface area contributed by atoms with Gasteiger partial charge in [-0.2, -0.15) is 11.8 Å². The lowest BCUT2D eigenvalue weighted by atomic mass is 10.2. The Hall–Kier alpha value is -0.190. The molecular weight excluding hydrogens is 224 g/mol. The van der Waals surface area contributed by atoms with Gasteiger partial charge in [-0.05, 0) is 25.5 Å². The molecule has 2 rings (SSSR count). The third-order valence-electron chi connectivity index (χ3n) is 2.49. The number of thioether (sulfide) groups is 1. The highest BCUT2D eigenvalue weighted by Crippen LogP contribution is 2.28. The first kappa shape index (κ1) is 11.3. The van der Waals surface area contributed by atoms with Gasteiger partial charge in [0.25, 0.3) is 0 Å². The van der Waals surface area contributed by atoms with Crippen LogP contribution in [-0.2, 0) is 6.42 Å². The van der Waals surface area contributed by atoms with Crippen molar-refractivity contribution in [2.75, 3.05) is 29.5 Å². The van der Waals surface area contributed by atoms with Crippen LogP contribution in [0.15, 0.2) is 12.1 Å². The van der Waals surface area contributed by atoms with Crippen molar-refractivity contribution in [3.8, 4) is 0 Å². The molecule has 0 bridgehead atoms. The quantitative estimate of drug-likeness (QED) is 0.881. The van der Waals surface area contributed by atoms with Crippen molar-refractivity contribution in [2.45, 2.75) is 19.4 Å². The van der Waals surface area contributed by atoms with E-state index < -0.39 is 0 Å². The summed E-state index contributed by atoms with van der Waals surface area (Å²) in [6.07, 6.45) is 1.01. The summed E-state index contributed by atoms with van der Waals surface area (Å²) in [5.41, 5.74) is 5.80. The van der Waals surface area contributed by atoms with Crippen LogP contribution in [0.2, 0.25) is 0 Å². The molecule has 1 saturated heterocycles. The molecule has 1 aliphatic rings. The molecular formula is C11H18N2S2. The molecule has 2 N–H and O–H groups in total. The van der Waals surface area contributed by atoms with E-state index in [4.69, 9.17) is 5.73 Å². The van der Waals surface area contributed by atoms with Gasteiger partial charge >= 0.3 is 0 Å². The number of hydrogen-bond acceptors (Lipinski definition) is 4. The molecule has 0 radical (unpaired) electrons. The molecule has 0 aliphatic carbocycles. The molecule has 2 heterocycles. The topological polar surface area (TPSA) is 29.3 Å². The Morgan fingerprint density at radius 1 is 1.40 bits per heavy atom. The zero-order valence-electron chi connectivity index (χ0n) is 9.11. The van der Waals surface area contributed by atoms with Gasteiger partial charge in [0.1, 0.15) is 0 Å². The van der Waals surface area contributed by atoms with E-state index >= 15 is 0 Å². The SMILES string of the molecule is CC(N)Cc1ccc(N2CCSCC2)s1. The molecule has 1 aromatic heterocycles. The summed E-state index contributed by atoms with van der Waals surface area (Å²) in [7, 11) is 0. The summed E-state index contributed by atoms with van der Waals surface area (Å²) < 4.78 is 0. The highest BCUT2D eigenvalue weighted by atomic mass is 32.2. The van der Waals surface area contributed by atoms with Crippen molar-refractivity contribution in [1.82, 2.24) is 0 Å². The molecule has 1 atom stereocenters. The lowest BCUT2D eigenvalue weighted by Gasteiger charge is -2.26. The van der Waals surface area contributed by atoms with E-state index in [0.29, 0.717) is 0 Å². The van der Waals surface area contributed by atoms with Gasteiger partial charge in [0.15, 0.2) is 0 Å². The van der Waals surface area contributed by atoms with Crippen LogP contribution >= 0.6 is 23.1 Å². The summed E-state index contributed by atoms with van der Waals surface area (Å²) in [4.78, 5) is 3.91. The Morgan fingerprint density at radius 3 is 2.80 bits per heavy atom. The molecule has 2 nitrogen and oxygen atoms in total. The number of anilines is 1. The van der Waals surface area contributed by atoms with E-state index in [1.165, 1.54) is 34.5 Å². The summed E-state index contributed by atoms with van der Waals surface area (Å²) >= 11 is 3.96. The zero-order chi connectivity index (χ0) is 10.7. The Morgan fingerprint density at radius 2 is 2.13 bits per heavy atom. The number of rotatable bonds is 3. The van der Waals surface area contributed by atoms with Gasteiger partial charge in [-0.1, -0.05) is 0 Å². The lowest BCUT2D eigenvalue weighted by molar-refractivity contribution is 0.746. The Kier molecular flexibility index (Phi) is 3.94. The maximum Gasteiger partial charge on any atom is 0.0911 e. The summed E-state index contributed by atoms with van der Waals surface area (Å²) in [5, 5.41) is 1.42. The molecule has 0 spiro atoms. The van der Waals surface area contributed by atoms with Crippen molar-refractivity contribution < 1.29 is 0 Å². The first-order valence-corrected chi connectivity index (χ1v) is 7.40. The molecule has 1 aromatic rings. The summed E-state index contributed by atoms with van der Waals surface area (Å²) in [5.74, 6) is 2.53. The second-order valence-corrected chi connectivity index (χ2v) is 6.39. The second-order valence-electron chi connectivity index (χ2n) is 4.02. The van der Waals surface area contributed by atoms with Crippen LogP contribution in [0.3, 0.4) is 0 Å². The van der Waals surface area contributed by atoms with Crippen LogP contribution in [0.4, 0.5) is 5.00 Å². The largest absolute Gasteiger partial charge is 0.362 e. The monoisotopic (exact) mass is 242 g/mol. The van der Waals surface area contributed by atoms with E-state index in [-0.39, 0.29) is 6.04 Å². The van der Waals surface area contributed by atoms with E-state index in [0.717, 1.165) is 6.42 Å². The van der Waals surface area contributed by atoms with Crippen LogP contribution in [0.25, 0.3) is 0 Å². The van der Waals surface area contributed by atoms with Crippen molar-refractivity contribution in [2.24, 2.45) is 5.73 Å². The fraction of sp³-hybridized carbons (Fsp3) is 0.636. The minimum absolute atomic E-state index is 0.272. The second kappa shape index (κ2) is 5.23. The molecule has 0 saturated carbocycles. The molecule has 1 unspecified atom stereocenters. The minimum Gasteiger partial charge on any atom is -0.362 e. The molecule has 84 valence electrons. The normalized spacial score (nSPS) is 19.2. The average Bonchev–Trinajstić information content (AvgIpc) is 2.67. The van der Waals surface area contributed by atoms with Crippen molar-refractivity contribution in [3.05, 3.63) is 17.0 Å². The third-order valence-corrected chi connectivity index (χ3v) is 4.60. The smallest absolute Gasteiger partial charge is 0.0911 e. The number of hydrogen-bond donors (Lipinski definition) is 1. The third kappa shape index (κ3) is 3.13. The number of nitrogens with two attached hydrogens (primary N) is 1. The fourth-order valence-electron chi connectivity index (χ4n) is 1.75. The van der Waals surface area contributed by atoms with Crippen LogP contribution in [-0.4, -0.2) is 30.6 Å². The van der Waals surface area contributed by atoms with Gasteiger partial charge in [0.05, 0.1) is 5.00 Å². The van der Waals surface area contributed by atoms with Gasteiger partial charge in [-0.15, -0.1) is 11.3 Å². The summed E-state index contributed by atoms with van der Waals surface area (Å²) in [6.45, 7) is 4.46. The van der Waals surface area contributed by atoms with E-state index in [1.54, 1.807) is 0 Å². The van der Waals surface area contributed by atoms with Crippen molar-refractivity contribution in [1.29, 1.82) is 0 Å². The zero-order valence-corrected chi connectivity index (χ0v) is 10.7. The standard InChI is InChI=1S/C11H18N2S2/c1-9(12)8-10-2-3-11(15-10)13-4-6-14-7-5-13/h2-3,9H,4-8,12H2,1H3. The molecule has 0 amide bonds. The maximum atomic E-state index is 5.80. The van der Waals surface area contributed by atoms with Crippen molar-refractivity contribution in [3.63, 3.8) is 0 Å².